The van der Waals surface area contributed by atoms with Crippen molar-refractivity contribution >= 4 is 11.5 Å². The van der Waals surface area contributed by atoms with Crippen LogP contribution < -0.4 is 10.6 Å². The topological polar surface area (TPSA) is 82.6 Å². The van der Waals surface area contributed by atoms with Gasteiger partial charge in [-0.3, -0.25) is 5.41 Å². The number of rotatable bonds is 3. The zero-order valence-electron chi connectivity index (χ0n) is 11.1. The molecule has 1 aliphatic rings. The lowest BCUT2D eigenvalue weighted by molar-refractivity contribution is -0.0107. The molecule has 0 radical (unpaired) electrons. The van der Waals surface area contributed by atoms with Gasteiger partial charge in [-0.2, -0.15) is 0 Å². The van der Waals surface area contributed by atoms with Gasteiger partial charge in [-0.25, -0.2) is 8.78 Å². The van der Waals surface area contributed by atoms with Gasteiger partial charge in [-0.1, -0.05) is 0 Å². The van der Waals surface area contributed by atoms with Crippen molar-refractivity contribution in [2.45, 2.75) is 19.1 Å². The van der Waals surface area contributed by atoms with Crippen LogP contribution in [0.5, 0.6) is 0 Å². The summed E-state index contributed by atoms with van der Waals surface area (Å²) in [5, 5.41) is 16.3. The minimum absolute atomic E-state index is 0.00312. The molecule has 1 fully saturated rings. The molecule has 4 N–H and O–H groups in total. The summed E-state index contributed by atoms with van der Waals surface area (Å²) in [5.41, 5.74) is 5.06. The molecule has 110 valence electrons. The van der Waals surface area contributed by atoms with Crippen LogP contribution in [0.4, 0.5) is 14.5 Å². The number of aliphatic hydroxyl groups is 1. The standard InChI is InChI=1S/C13H17F2N3O2/c1-7-6-20-9(5-19)4-18(7)12-10(14)2-8(13(16)17)3-11(12)15/h2-3,7,9,19H,4-6H2,1H3,(H3,16,17). The Balaban J connectivity index is 2.38. The van der Waals surface area contributed by atoms with Gasteiger partial charge in [0.1, 0.15) is 23.2 Å². The zero-order chi connectivity index (χ0) is 14.9. The van der Waals surface area contributed by atoms with Crippen LogP contribution in [0, 0.1) is 17.0 Å². The van der Waals surface area contributed by atoms with Crippen LogP contribution in [0.15, 0.2) is 12.1 Å². The van der Waals surface area contributed by atoms with Crippen molar-refractivity contribution in [1.29, 1.82) is 5.41 Å². The molecule has 0 bridgehead atoms. The lowest BCUT2D eigenvalue weighted by Crippen LogP contribution is -2.50. The summed E-state index contributed by atoms with van der Waals surface area (Å²) in [5.74, 6) is -1.95. The summed E-state index contributed by atoms with van der Waals surface area (Å²) in [7, 11) is 0. The fourth-order valence-electron chi connectivity index (χ4n) is 2.23. The number of ether oxygens (including phenoxy) is 1. The Morgan fingerprint density at radius 3 is 2.60 bits per heavy atom. The Hall–Kier alpha value is -1.73. The van der Waals surface area contributed by atoms with Gasteiger partial charge >= 0.3 is 0 Å². The first-order valence-electron chi connectivity index (χ1n) is 6.26. The highest BCUT2D eigenvalue weighted by molar-refractivity contribution is 5.95. The van der Waals surface area contributed by atoms with E-state index in [2.05, 4.69) is 0 Å². The summed E-state index contributed by atoms with van der Waals surface area (Å²) in [6.07, 6.45) is -0.475. The molecule has 7 heteroatoms. The predicted octanol–water partition coefficient (Wildman–Crippen LogP) is 0.835. The zero-order valence-corrected chi connectivity index (χ0v) is 11.1. The maximum Gasteiger partial charge on any atom is 0.150 e. The van der Waals surface area contributed by atoms with Gasteiger partial charge in [-0.05, 0) is 19.1 Å². The first-order valence-corrected chi connectivity index (χ1v) is 6.26. The number of morpholine rings is 1. The number of nitrogens with one attached hydrogen (secondary N) is 1. The average molecular weight is 285 g/mol. The smallest absolute Gasteiger partial charge is 0.150 e. The van der Waals surface area contributed by atoms with E-state index < -0.39 is 23.6 Å². The van der Waals surface area contributed by atoms with Crippen LogP contribution >= 0.6 is 0 Å². The Labute approximate surface area is 115 Å². The molecule has 5 nitrogen and oxygen atoms in total. The van der Waals surface area contributed by atoms with E-state index in [1.54, 1.807) is 6.92 Å². The molecule has 0 aliphatic carbocycles. The Morgan fingerprint density at radius 1 is 1.50 bits per heavy atom. The van der Waals surface area contributed by atoms with E-state index in [4.69, 9.17) is 21.0 Å². The second kappa shape index (κ2) is 5.72. The van der Waals surface area contributed by atoms with E-state index in [1.807, 2.05) is 0 Å². The lowest BCUT2D eigenvalue weighted by Gasteiger charge is -2.39. The Bertz CT molecular complexity index is 501. The molecule has 2 rings (SSSR count). The third-order valence-electron chi connectivity index (χ3n) is 3.32. The number of nitrogen functional groups attached to an aromatic ring is 1. The molecule has 0 saturated carbocycles. The van der Waals surface area contributed by atoms with Gasteiger partial charge < -0.3 is 20.5 Å². The molecule has 0 aromatic heterocycles. The molecular weight excluding hydrogens is 268 g/mol. The van der Waals surface area contributed by atoms with Crippen molar-refractivity contribution in [3.63, 3.8) is 0 Å². The molecular formula is C13H17F2N3O2. The molecule has 1 aromatic rings. The fourth-order valence-corrected chi connectivity index (χ4v) is 2.23. The molecule has 1 heterocycles. The average Bonchev–Trinajstić information content (AvgIpc) is 2.39. The minimum atomic E-state index is -0.777. The Kier molecular flexibility index (Phi) is 4.20. The number of nitrogens with zero attached hydrogens (tertiary/aromatic N) is 1. The summed E-state index contributed by atoms with van der Waals surface area (Å²) in [6.45, 7) is 2.05. The van der Waals surface area contributed by atoms with Crippen LogP contribution in [0.3, 0.4) is 0 Å². The third kappa shape index (κ3) is 2.73. The summed E-state index contributed by atoms with van der Waals surface area (Å²) in [6, 6.07) is 1.86. The fraction of sp³-hybridized carbons (Fsp3) is 0.462. The van der Waals surface area contributed by atoms with Crippen LogP contribution in [-0.2, 0) is 4.74 Å². The summed E-state index contributed by atoms with van der Waals surface area (Å²) in [4.78, 5) is 1.53. The first-order chi connectivity index (χ1) is 9.43. The Morgan fingerprint density at radius 2 is 2.10 bits per heavy atom. The third-order valence-corrected chi connectivity index (χ3v) is 3.32. The van der Waals surface area contributed by atoms with Gasteiger partial charge in [0.15, 0.2) is 0 Å². The second-order valence-electron chi connectivity index (χ2n) is 4.84. The molecule has 20 heavy (non-hydrogen) atoms. The van der Waals surface area contributed by atoms with Crippen molar-refractivity contribution in [2.24, 2.45) is 5.73 Å². The number of halogens is 2. The number of amidine groups is 1. The van der Waals surface area contributed by atoms with Crippen molar-refractivity contribution in [3.8, 4) is 0 Å². The van der Waals surface area contributed by atoms with Crippen molar-refractivity contribution in [2.75, 3.05) is 24.7 Å². The number of aliphatic hydroxyl groups excluding tert-OH is 1. The number of nitrogens with two attached hydrogens (primary N) is 1. The van der Waals surface area contributed by atoms with Crippen molar-refractivity contribution < 1.29 is 18.6 Å². The van der Waals surface area contributed by atoms with Crippen LogP contribution in [0.25, 0.3) is 0 Å². The second-order valence-corrected chi connectivity index (χ2v) is 4.84. The van der Waals surface area contributed by atoms with Gasteiger partial charge in [-0.15, -0.1) is 0 Å². The maximum absolute atomic E-state index is 14.1. The quantitative estimate of drug-likeness (QED) is 0.567. The molecule has 1 aromatic carbocycles. The highest BCUT2D eigenvalue weighted by Crippen LogP contribution is 2.29. The molecule has 2 atom stereocenters. The van der Waals surface area contributed by atoms with E-state index >= 15 is 0 Å². The molecule has 0 spiro atoms. The highest BCUT2D eigenvalue weighted by atomic mass is 19.1. The minimum Gasteiger partial charge on any atom is -0.394 e. The van der Waals surface area contributed by atoms with E-state index in [1.165, 1.54) is 4.90 Å². The number of anilines is 1. The van der Waals surface area contributed by atoms with Gasteiger partial charge in [0, 0.05) is 18.2 Å². The number of hydrogen-bond acceptors (Lipinski definition) is 4. The maximum atomic E-state index is 14.1. The van der Waals surface area contributed by atoms with Crippen LogP contribution in [-0.4, -0.2) is 42.8 Å². The predicted molar refractivity (Wildman–Crippen MR) is 71.0 cm³/mol. The molecule has 1 saturated heterocycles. The van der Waals surface area contributed by atoms with Gasteiger partial charge in [0.2, 0.25) is 0 Å². The van der Waals surface area contributed by atoms with E-state index in [9.17, 15) is 8.78 Å². The summed E-state index contributed by atoms with van der Waals surface area (Å²) < 4.78 is 33.6. The van der Waals surface area contributed by atoms with E-state index in [-0.39, 0.29) is 37.1 Å². The molecule has 0 amide bonds. The van der Waals surface area contributed by atoms with Crippen LogP contribution in [0.2, 0.25) is 0 Å². The van der Waals surface area contributed by atoms with Gasteiger partial charge in [0.25, 0.3) is 0 Å². The van der Waals surface area contributed by atoms with E-state index in [0.717, 1.165) is 12.1 Å². The van der Waals surface area contributed by atoms with Crippen molar-refractivity contribution in [3.05, 3.63) is 29.3 Å². The lowest BCUT2D eigenvalue weighted by atomic mass is 10.1. The highest BCUT2D eigenvalue weighted by Gasteiger charge is 2.30. The monoisotopic (exact) mass is 285 g/mol. The molecule has 1 aliphatic heterocycles. The first kappa shape index (κ1) is 14.7. The SMILES string of the molecule is CC1COC(CO)CN1c1c(F)cc(C(=N)N)cc1F. The normalized spacial score (nSPS) is 22.9. The van der Waals surface area contributed by atoms with Crippen molar-refractivity contribution in [1.82, 2.24) is 0 Å². The largest absolute Gasteiger partial charge is 0.394 e. The van der Waals surface area contributed by atoms with Crippen LogP contribution in [0.1, 0.15) is 12.5 Å². The number of hydrogen-bond donors (Lipinski definition) is 3. The van der Waals surface area contributed by atoms with E-state index in [0.29, 0.717) is 0 Å². The van der Waals surface area contributed by atoms with Gasteiger partial charge in [0.05, 0.1) is 19.3 Å². The molecule has 2 unspecified atom stereocenters. The summed E-state index contributed by atoms with van der Waals surface area (Å²) >= 11 is 0. The number of benzene rings is 1.